The van der Waals surface area contributed by atoms with Gasteiger partial charge in [-0.3, -0.25) is 0 Å². The lowest BCUT2D eigenvalue weighted by Gasteiger charge is -2.00. The quantitative estimate of drug-likeness (QED) is 0.723. The zero-order valence-electron chi connectivity index (χ0n) is 5.09. The van der Waals surface area contributed by atoms with Crippen LogP contribution >= 0.6 is 27.5 Å². The Labute approximate surface area is 72.8 Å². The molecular formula is C7H6BrClO. The standard InChI is InChI=1S/C7H6BrClO/c8-6-3-1-2-5(4-6)7(9)10/h1-4,7,10H. The molecule has 1 aromatic carbocycles. The molecule has 1 aromatic rings. The molecule has 0 amide bonds. The summed E-state index contributed by atoms with van der Waals surface area (Å²) in [4.78, 5) is 0. The second-order valence-corrected chi connectivity index (χ2v) is 3.22. The zero-order chi connectivity index (χ0) is 7.56. The van der Waals surface area contributed by atoms with Gasteiger partial charge in [-0.25, -0.2) is 0 Å². The van der Waals surface area contributed by atoms with E-state index in [-0.39, 0.29) is 0 Å². The third-order valence-electron chi connectivity index (χ3n) is 1.12. The van der Waals surface area contributed by atoms with Gasteiger partial charge >= 0.3 is 0 Å². The van der Waals surface area contributed by atoms with Gasteiger partial charge in [-0.1, -0.05) is 39.7 Å². The maximum absolute atomic E-state index is 8.89. The predicted octanol–water partition coefficient (Wildman–Crippen LogP) is 2.68. The Bertz CT molecular complexity index is 225. The number of alkyl halides is 1. The fourth-order valence-corrected chi connectivity index (χ4v) is 1.21. The molecule has 0 aliphatic rings. The van der Waals surface area contributed by atoms with E-state index in [1.165, 1.54) is 0 Å². The Morgan fingerprint density at radius 3 is 2.60 bits per heavy atom. The number of hydrogen-bond donors (Lipinski definition) is 1. The topological polar surface area (TPSA) is 20.2 Å². The number of aliphatic hydroxyl groups excluding tert-OH is 1. The minimum absolute atomic E-state index is 0.705. The predicted molar refractivity (Wildman–Crippen MR) is 45.0 cm³/mol. The monoisotopic (exact) mass is 220 g/mol. The van der Waals surface area contributed by atoms with Crippen molar-refractivity contribution in [3.63, 3.8) is 0 Å². The van der Waals surface area contributed by atoms with E-state index in [1.807, 2.05) is 12.1 Å². The first-order valence-electron chi connectivity index (χ1n) is 2.78. The second-order valence-electron chi connectivity index (χ2n) is 1.89. The molecule has 1 rings (SSSR count). The van der Waals surface area contributed by atoms with Gasteiger partial charge in [-0.15, -0.1) is 0 Å². The van der Waals surface area contributed by atoms with Crippen LogP contribution in [0.15, 0.2) is 28.7 Å². The Morgan fingerprint density at radius 2 is 2.20 bits per heavy atom. The molecule has 0 fully saturated rings. The number of hydrogen-bond acceptors (Lipinski definition) is 1. The smallest absolute Gasteiger partial charge is 0.153 e. The molecule has 0 bridgehead atoms. The molecule has 1 nitrogen and oxygen atoms in total. The van der Waals surface area contributed by atoms with E-state index >= 15 is 0 Å². The molecule has 0 saturated heterocycles. The highest BCUT2D eigenvalue weighted by Gasteiger charge is 2.00. The summed E-state index contributed by atoms with van der Waals surface area (Å²) in [5.74, 6) is 0. The van der Waals surface area contributed by atoms with Gasteiger partial charge < -0.3 is 5.11 Å². The van der Waals surface area contributed by atoms with Crippen LogP contribution < -0.4 is 0 Å². The van der Waals surface area contributed by atoms with Crippen molar-refractivity contribution in [1.29, 1.82) is 0 Å². The van der Waals surface area contributed by atoms with Gasteiger partial charge in [0, 0.05) is 4.47 Å². The number of benzene rings is 1. The van der Waals surface area contributed by atoms with Crippen molar-refractivity contribution in [3.05, 3.63) is 34.3 Å². The van der Waals surface area contributed by atoms with Gasteiger partial charge in [0.05, 0.1) is 0 Å². The summed E-state index contributed by atoms with van der Waals surface area (Å²) < 4.78 is 0.921. The van der Waals surface area contributed by atoms with Gasteiger partial charge in [0.25, 0.3) is 0 Å². The maximum Gasteiger partial charge on any atom is 0.153 e. The van der Waals surface area contributed by atoms with E-state index in [4.69, 9.17) is 16.7 Å². The summed E-state index contributed by atoms with van der Waals surface area (Å²) in [6.07, 6.45) is 0. The molecule has 10 heavy (non-hydrogen) atoms. The van der Waals surface area contributed by atoms with Crippen molar-refractivity contribution < 1.29 is 5.11 Å². The van der Waals surface area contributed by atoms with Crippen LogP contribution in [0, 0.1) is 0 Å². The minimum atomic E-state index is -0.905. The molecule has 0 saturated carbocycles. The summed E-state index contributed by atoms with van der Waals surface area (Å²) in [5, 5.41) is 8.89. The summed E-state index contributed by atoms with van der Waals surface area (Å²) in [6, 6.07) is 7.24. The van der Waals surface area contributed by atoms with Crippen molar-refractivity contribution in [2.24, 2.45) is 0 Å². The first-order valence-corrected chi connectivity index (χ1v) is 4.00. The summed E-state index contributed by atoms with van der Waals surface area (Å²) in [6.45, 7) is 0. The lowest BCUT2D eigenvalue weighted by atomic mass is 10.2. The van der Waals surface area contributed by atoms with Crippen LogP contribution in [0.1, 0.15) is 11.1 Å². The molecule has 0 aliphatic carbocycles. The minimum Gasteiger partial charge on any atom is -0.373 e. The summed E-state index contributed by atoms with van der Waals surface area (Å²) in [7, 11) is 0. The third-order valence-corrected chi connectivity index (χ3v) is 1.87. The zero-order valence-corrected chi connectivity index (χ0v) is 7.43. The second kappa shape index (κ2) is 3.37. The van der Waals surface area contributed by atoms with Crippen molar-refractivity contribution in [1.82, 2.24) is 0 Å². The Kier molecular flexibility index (Phi) is 2.72. The number of aliphatic hydroxyl groups is 1. The van der Waals surface area contributed by atoms with Crippen LogP contribution in [0.3, 0.4) is 0 Å². The maximum atomic E-state index is 8.89. The van der Waals surface area contributed by atoms with Crippen LogP contribution in [0.4, 0.5) is 0 Å². The third kappa shape index (κ3) is 1.97. The first-order chi connectivity index (χ1) is 4.70. The highest BCUT2D eigenvalue weighted by Crippen LogP contribution is 2.20. The van der Waals surface area contributed by atoms with E-state index in [9.17, 15) is 0 Å². The van der Waals surface area contributed by atoms with Crippen molar-refractivity contribution >= 4 is 27.5 Å². The Hall–Kier alpha value is -0.0500. The highest BCUT2D eigenvalue weighted by molar-refractivity contribution is 9.10. The molecule has 1 atom stereocenters. The molecule has 1 N–H and O–H groups in total. The fraction of sp³-hybridized carbons (Fsp3) is 0.143. The molecule has 1 unspecified atom stereocenters. The van der Waals surface area contributed by atoms with Crippen molar-refractivity contribution in [3.8, 4) is 0 Å². The summed E-state index contributed by atoms with van der Waals surface area (Å²) in [5.41, 5.74) is -0.200. The number of rotatable bonds is 1. The summed E-state index contributed by atoms with van der Waals surface area (Å²) >= 11 is 8.67. The SMILES string of the molecule is OC(Cl)c1cccc(Br)c1. The largest absolute Gasteiger partial charge is 0.373 e. The van der Waals surface area contributed by atoms with E-state index in [0.717, 1.165) is 4.47 Å². The van der Waals surface area contributed by atoms with Crippen LogP contribution in [0.25, 0.3) is 0 Å². The molecule has 0 spiro atoms. The first kappa shape index (κ1) is 8.05. The van der Waals surface area contributed by atoms with Crippen molar-refractivity contribution in [2.45, 2.75) is 5.56 Å². The van der Waals surface area contributed by atoms with Crippen LogP contribution in [0.5, 0.6) is 0 Å². The van der Waals surface area contributed by atoms with Gasteiger partial charge in [-0.05, 0) is 17.7 Å². The van der Waals surface area contributed by atoms with E-state index < -0.39 is 5.56 Å². The Morgan fingerprint density at radius 1 is 1.50 bits per heavy atom. The van der Waals surface area contributed by atoms with Crippen LogP contribution in [-0.2, 0) is 0 Å². The molecule has 0 radical (unpaired) electrons. The lowest BCUT2D eigenvalue weighted by Crippen LogP contribution is -1.85. The fourth-order valence-electron chi connectivity index (χ4n) is 0.655. The lowest BCUT2D eigenvalue weighted by molar-refractivity contribution is 0.263. The average molecular weight is 221 g/mol. The molecule has 0 aliphatic heterocycles. The van der Waals surface area contributed by atoms with Crippen molar-refractivity contribution in [2.75, 3.05) is 0 Å². The molecule has 54 valence electrons. The van der Waals surface area contributed by atoms with Gasteiger partial charge in [-0.2, -0.15) is 0 Å². The highest BCUT2D eigenvalue weighted by atomic mass is 79.9. The Balaban J connectivity index is 2.96. The van der Waals surface area contributed by atoms with Crippen LogP contribution in [-0.4, -0.2) is 5.11 Å². The molecule has 3 heteroatoms. The van der Waals surface area contributed by atoms with E-state index in [1.54, 1.807) is 12.1 Å². The van der Waals surface area contributed by atoms with Gasteiger partial charge in [0.2, 0.25) is 0 Å². The molecule has 0 aromatic heterocycles. The van der Waals surface area contributed by atoms with E-state index in [0.29, 0.717) is 5.56 Å². The molecular weight excluding hydrogens is 215 g/mol. The normalized spacial score (nSPS) is 13.1. The number of halogens is 2. The van der Waals surface area contributed by atoms with Crippen LogP contribution in [0.2, 0.25) is 0 Å². The van der Waals surface area contributed by atoms with E-state index in [2.05, 4.69) is 15.9 Å². The van der Waals surface area contributed by atoms with Gasteiger partial charge in [0.15, 0.2) is 5.56 Å². The average Bonchev–Trinajstić information content (AvgIpc) is 1.88. The molecule has 0 heterocycles. The van der Waals surface area contributed by atoms with Gasteiger partial charge in [0.1, 0.15) is 0 Å².